The number of nitrogens with zero attached hydrogens (tertiary/aromatic N) is 1. The van der Waals surface area contributed by atoms with Crippen molar-refractivity contribution in [1.29, 1.82) is 0 Å². The molecule has 0 saturated carbocycles. The SMILES string of the molecule is CCC(N)c1csc(CCOCCOC)n1. The number of methoxy groups -OCH3 is 1. The summed E-state index contributed by atoms with van der Waals surface area (Å²) in [6, 6.07) is 0.0689. The van der Waals surface area contributed by atoms with E-state index < -0.39 is 0 Å². The topological polar surface area (TPSA) is 57.4 Å². The molecule has 5 heteroatoms. The first-order chi connectivity index (χ1) is 7.77. The van der Waals surface area contributed by atoms with E-state index in [4.69, 9.17) is 15.2 Å². The zero-order valence-electron chi connectivity index (χ0n) is 9.94. The van der Waals surface area contributed by atoms with Crippen LogP contribution >= 0.6 is 11.3 Å². The Kier molecular flexibility index (Phi) is 6.56. The predicted molar refractivity (Wildman–Crippen MR) is 65.7 cm³/mol. The molecule has 2 N–H and O–H groups in total. The Morgan fingerprint density at radius 2 is 2.25 bits per heavy atom. The van der Waals surface area contributed by atoms with Crippen LogP contribution in [0.4, 0.5) is 0 Å². The van der Waals surface area contributed by atoms with E-state index in [0.717, 1.165) is 23.5 Å². The summed E-state index contributed by atoms with van der Waals surface area (Å²) in [5.41, 5.74) is 6.90. The van der Waals surface area contributed by atoms with Crippen LogP contribution in [0.25, 0.3) is 0 Å². The molecular formula is C11H20N2O2S. The van der Waals surface area contributed by atoms with Gasteiger partial charge in [0.1, 0.15) is 0 Å². The number of nitrogens with two attached hydrogens (primary N) is 1. The molecule has 1 heterocycles. The number of thiazole rings is 1. The van der Waals surface area contributed by atoms with Gasteiger partial charge in [-0.2, -0.15) is 0 Å². The van der Waals surface area contributed by atoms with Crippen LogP contribution in [0.15, 0.2) is 5.38 Å². The molecule has 0 bridgehead atoms. The molecule has 16 heavy (non-hydrogen) atoms. The van der Waals surface area contributed by atoms with Crippen LogP contribution in [0, 0.1) is 0 Å². The zero-order valence-corrected chi connectivity index (χ0v) is 10.8. The summed E-state index contributed by atoms with van der Waals surface area (Å²) in [4.78, 5) is 4.48. The van der Waals surface area contributed by atoms with Gasteiger partial charge in [0.05, 0.1) is 30.5 Å². The molecule has 0 fully saturated rings. The van der Waals surface area contributed by atoms with Crippen LogP contribution in [0.1, 0.15) is 30.1 Å². The Hall–Kier alpha value is -0.490. The Labute approximate surface area is 101 Å². The second-order valence-corrected chi connectivity index (χ2v) is 4.48. The Morgan fingerprint density at radius 3 is 2.94 bits per heavy atom. The molecule has 92 valence electrons. The van der Waals surface area contributed by atoms with Crippen molar-refractivity contribution >= 4 is 11.3 Å². The van der Waals surface area contributed by atoms with Crippen molar-refractivity contribution in [2.45, 2.75) is 25.8 Å². The summed E-state index contributed by atoms with van der Waals surface area (Å²) >= 11 is 1.65. The first-order valence-corrected chi connectivity index (χ1v) is 6.42. The predicted octanol–water partition coefficient (Wildman–Crippen LogP) is 1.76. The maximum atomic E-state index is 5.90. The van der Waals surface area contributed by atoms with E-state index in [1.54, 1.807) is 18.4 Å². The summed E-state index contributed by atoms with van der Waals surface area (Å²) in [5, 5.41) is 3.13. The second kappa shape index (κ2) is 7.73. The minimum atomic E-state index is 0.0689. The maximum Gasteiger partial charge on any atom is 0.0951 e. The largest absolute Gasteiger partial charge is 0.382 e. The van der Waals surface area contributed by atoms with E-state index in [0.29, 0.717) is 19.8 Å². The average molecular weight is 244 g/mol. The van der Waals surface area contributed by atoms with Crippen molar-refractivity contribution in [3.63, 3.8) is 0 Å². The number of aromatic nitrogens is 1. The molecule has 1 rings (SSSR count). The highest BCUT2D eigenvalue weighted by atomic mass is 32.1. The van der Waals surface area contributed by atoms with Crippen molar-refractivity contribution in [3.05, 3.63) is 16.1 Å². The standard InChI is InChI=1S/C11H20N2O2S/c1-3-9(12)10-8-16-11(13-10)4-5-15-7-6-14-2/h8-9H,3-7,12H2,1-2H3. The summed E-state index contributed by atoms with van der Waals surface area (Å²) in [5.74, 6) is 0. The lowest BCUT2D eigenvalue weighted by atomic mass is 10.2. The molecule has 0 radical (unpaired) electrons. The highest BCUT2D eigenvalue weighted by Crippen LogP contribution is 2.17. The second-order valence-electron chi connectivity index (χ2n) is 3.54. The van der Waals surface area contributed by atoms with Crippen molar-refractivity contribution in [3.8, 4) is 0 Å². The zero-order chi connectivity index (χ0) is 11.8. The van der Waals surface area contributed by atoms with Gasteiger partial charge in [-0.25, -0.2) is 4.98 Å². The van der Waals surface area contributed by atoms with Gasteiger partial charge in [0.15, 0.2) is 0 Å². The Morgan fingerprint density at radius 1 is 1.44 bits per heavy atom. The quantitative estimate of drug-likeness (QED) is 0.708. The lowest BCUT2D eigenvalue weighted by molar-refractivity contribution is 0.0722. The van der Waals surface area contributed by atoms with Crippen LogP contribution in [-0.4, -0.2) is 31.9 Å². The highest BCUT2D eigenvalue weighted by Gasteiger charge is 2.08. The molecule has 0 spiro atoms. The Bertz CT molecular complexity index is 291. The van der Waals surface area contributed by atoms with Gasteiger partial charge in [-0.05, 0) is 6.42 Å². The third kappa shape index (κ3) is 4.57. The molecule has 0 saturated heterocycles. The van der Waals surface area contributed by atoms with E-state index in [9.17, 15) is 0 Å². The lowest BCUT2D eigenvalue weighted by Crippen LogP contribution is -2.09. The van der Waals surface area contributed by atoms with E-state index >= 15 is 0 Å². The molecule has 0 aliphatic heterocycles. The minimum absolute atomic E-state index is 0.0689. The van der Waals surface area contributed by atoms with Gasteiger partial charge < -0.3 is 15.2 Å². The van der Waals surface area contributed by atoms with E-state index in [1.165, 1.54) is 0 Å². The first-order valence-electron chi connectivity index (χ1n) is 5.54. The van der Waals surface area contributed by atoms with Gasteiger partial charge in [0.2, 0.25) is 0 Å². The number of hydrogen-bond donors (Lipinski definition) is 1. The fourth-order valence-electron chi connectivity index (χ4n) is 1.22. The van der Waals surface area contributed by atoms with Gasteiger partial charge in [0, 0.05) is 25.0 Å². The van der Waals surface area contributed by atoms with Crippen LogP contribution in [-0.2, 0) is 15.9 Å². The number of rotatable bonds is 8. The van der Waals surface area contributed by atoms with Gasteiger partial charge in [-0.1, -0.05) is 6.92 Å². The lowest BCUT2D eigenvalue weighted by Gasteiger charge is -2.03. The normalized spacial score (nSPS) is 12.9. The molecular weight excluding hydrogens is 224 g/mol. The average Bonchev–Trinajstić information content (AvgIpc) is 2.76. The number of ether oxygens (including phenoxy) is 2. The van der Waals surface area contributed by atoms with Crippen LogP contribution in [0.2, 0.25) is 0 Å². The molecule has 1 aromatic rings. The van der Waals surface area contributed by atoms with E-state index in [2.05, 4.69) is 11.9 Å². The third-order valence-corrected chi connectivity index (χ3v) is 3.21. The van der Waals surface area contributed by atoms with Crippen molar-refractivity contribution in [1.82, 2.24) is 4.98 Å². The minimum Gasteiger partial charge on any atom is -0.382 e. The maximum absolute atomic E-state index is 5.90. The van der Waals surface area contributed by atoms with Crippen molar-refractivity contribution in [2.24, 2.45) is 5.73 Å². The fourth-order valence-corrected chi connectivity index (χ4v) is 2.07. The molecule has 0 aliphatic rings. The third-order valence-electron chi connectivity index (χ3n) is 2.28. The Balaban J connectivity index is 2.24. The van der Waals surface area contributed by atoms with Gasteiger partial charge in [-0.3, -0.25) is 0 Å². The van der Waals surface area contributed by atoms with Crippen LogP contribution in [0.3, 0.4) is 0 Å². The first kappa shape index (κ1) is 13.6. The van der Waals surface area contributed by atoms with Crippen LogP contribution < -0.4 is 5.73 Å². The molecule has 1 aromatic heterocycles. The molecule has 1 atom stereocenters. The molecule has 0 amide bonds. The monoisotopic (exact) mass is 244 g/mol. The highest BCUT2D eigenvalue weighted by molar-refractivity contribution is 7.09. The summed E-state index contributed by atoms with van der Waals surface area (Å²) in [6.07, 6.45) is 1.78. The van der Waals surface area contributed by atoms with Gasteiger partial charge in [0.25, 0.3) is 0 Å². The van der Waals surface area contributed by atoms with Gasteiger partial charge in [-0.15, -0.1) is 11.3 Å². The van der Waals surface area contributed by atoms with Crippen molar-refractivity contribution < 1.29 is 9.47 Å². The smallest absolute Gasteiger partial charge is 0.0951 e. The van der Waals surface area contributed by atoms with E-state index in [1.807, 2.05) is 5.38 Å². The molecule has 4 nitrogen and oxygen atoms in total. The van der Waals surface area contributed by atoms with Gasteiger partial charge >= 0.3 is 0 Å². The van der Waals surface area contributed by atoms with Crippen molar-refractivity contribution in [2.75, 3.05) is 26.9 Å². The van der Waals surface area contributed by atoms with E-state index in [-0.39, 0.29) is 6.04 Å². The fraction of sp³-hybridized carbons (Fsp3) is 0.727. The van der Waals surface area contributed by atoms with Crippen LogP contribution in [0.5, 0.6) is 0 Å². The summed E-state index contributed by atoms with van der Waals surface area (Å²) in [7, 11) is 1.67. The number of hydrogen-bond acceptors (Lipinski definition) is 5. The summed E-state index contributed by atoms with van der Waals surface area (Å²) in [6.45, 7) is 4.04. The summed E-state index contributed by atoms with van der Waals surface area (Å²) < 4.78 is 10.3. The molecule has 1 unspecified atom stereocenters. The molecule has 0 aliphatic carbocycles. The molecule has 0 aromatic carbocycles.